The van der Waals surface area contributed by atoms with Crippen molar-refractivity contribution in [1.29, 1.82) is 0 Å². The third kappa shape index (κ3) is 4.21. The molecule has 2 amide bonds. The first-order chi connectivity index (χ1) is 11.7. The summed E-state index contributed by atoms with van der Waals surface area (Å²) in [7, 11) is 0. The molecular formula is C17H17N3O3S. The van der Waals surface area contributed by atoms with E-state index in [9.17, 15) is 9.90 Å². The number of rotatable bonds is 6. The summed E-state index contributed by atoms with van der Waals surface area (Å²) in [6, 6.07) is 12.9. The van der Waals surface area contributed by atoms with E-state index in [4.69, 9.17) is 4.42 Å². The lowest BCUT2D eigenvalue weighted by atomic mass is 10.2. The first-order valence-corrected chi connectivity index (χ1v) is 8.33. The molecule has 3 aromatic rings. The standard InChI is InChI=1S/C17H17N3O3S/c21-14(15-7-4-8-23-15)10-19-17(22)18-9-13-11-24-16(20-13)12-5-2-1-3-6-12/h1-8,11,14,21H,9-10H2,(H2,18,19,22). The average molecular weight is 343 g/mol. The molecule has 3 N–H and O–H groups in total. The summed E-state index contributed by atoms with van der Waals surface area (Å²) in [5.74, 6) is 0.419. The molecule has 0 aliphatic carbocycles. The van der Waals surface area contributed by atoms with Crippen LogP contribution in [0.2, 0.25) is 0 Å². The minimum absolute atomic E-state index is 0.0751. The first-order valence-electron chi connectivity index (χ1n) is 7.45. The molecule has 7 heteroatoms. The third-order valence-electron chi connectivity index (χ3n) is 3.33. The topological polar surface area (TPSA) is 87.4 Å². The van der Waals surface area contributed by atoms with Gasteiger partial charge in [-0.3, -0.25) is 0 Å². The summed E-state index contributed by atoms with van der Waals surface area (Å²) in [5, 5.41) is 18.0. The maximum absolute atomic E-state index is 11.8. The van der Waals surface area contributed by atoms with Crippen molar-refractivity contribution in [2.24, 2.45) is 0 Å². The largest absolute Gasteiger partial charge is 0.467 e. The van der Waals surface area contributed by atoms with E-state index < -0.39 is 6.10 Å². The molecule has 1 unspecified atom stereocenters. The lowest BCUT2D eigenvalue weighted by Gasteiger charge is -2.10. The van der Waals surface area contributed by atoms with E-state index in [1.54, 1.807) is 12.1 Å². The molecule has 0 saturated carbocycles. The van der Waals surface area contributed by atoms with Gasteiger partial charge in [-0.2, -0.15) is 0 Å². The number of urea groups is 1. The Balaban J connectivity index is 1.46. The van der Waals surface area contributed by atoms with Crippen LogP contribution in [-0.2, 0) is 6.54 Å². The highest BCUT2D eigenvalue weighted by Gasteiger charge is 2.12. The van der Waals surface area contributed by atoms with Gasteiger partial charge in [-0.25, -0.2) is 9.78 Å². The van der Waals surface area contributed by atoms with Crippen molar-refractivity contribution >= 4 is 17.4 Å². The van der Waals surface area contributed by atoms with E-state index in [1.165, 1.54) is 17.6 Å². The van der Waals surface area contributed by atoms with Crippen LogP contribution in [0.3, 0.4) is 0 Å². The number of benzene rings is 1. The molecule has 0 bridgehead atoms. The van der Waals surface area contributed by atoms with Crippen LogP contribution in [0.4, 0.5) is 4.79 Å². The molecule has 2 aromatic heterocycles. The van der Waals surface area contributed by atoms with Gasteiger partial charge in [-0.15, -0.1) is 11.3 Å². The maximum Gasteiger partial charge on any atom is 0.315 e. The summed E-state index contributed by atoms with van der Waals surface area (Å²) >= 11 is 1.54. The van der Waals surface area contributed by atoms with Crippen molar-refractivity contribution in [3.8, 4) is 10.6 Å². The number of aromatic nitrogens is 1. The van der Waals surface area contributed by atoms with Crippen molar-refractivity contribution < 1.29 is 14.3 Å². The third-order valence-corrected chi connectivity index (χ3v) is 4.27. The monoisotopic (exact) mass is 343 g/mol. The van der Waals surface area contributed by atoms with E-state index in [0.29, 0.717) is 12.3 Å². The fourth-order valence-corrected chi connectivity index (χ4v) is 2.93. The summed E-state index contributed by atoms with van der Waals surface area (Å²) < 4.78 is 5.07. The van der Waals surface area contributed by atoms with Gasteiger partial charge >= 0.3 is 6.03 Å². The minimum Gasteiger partial charge on any atom is -0.467 e. The summed E-state index contributed by atoms with van der Waals surface area (Å²) in [4.78, 5) is 16.3. The molecule has 2 heterocycles. The number of aliphatic hydroxyl groups excluding tert-OH is 1. The van der Waals surface area contributed by atoms with Gasteiger partial charge in [0, 0.05) is 10.9 Å². The molecule has 0 saturated heterocycles. The van der Waals surface area contributed by atoms with Crippen molar-refractivity contribution in [3.63, 3.8) is 0 Å². The van der Waals surface area contributed by atoms with E-state index in [2.05, 4.69) is 15.6 Å². The van der Waals surface area contributed by atoms with Gasteiger partial charge in [-0.05, 0) is 12.1 Å². The zero-order chi connectivity index (χ0) is 16.8. The Hall–Kier alpha value is -2.64. The Labute approximate surface area is 143 Å². The number of carbonyl (C=O) groups is 1. The van der Waals surface area contributed by atoms with E-state index >= 15 is 0 Å². The normalized spacial score (nSPS) is 11.9. The van der Waals surface area contributed by atoms with Crippen LogP contribution < -0.4 is 10.6 Å². The number of carbonyl (C=O) groups excluding carboxylic acids is 1. The van der Waals surface area contributed by atoms with E-state index in [1.807, 2.05) is 35.7 Å². The Kier molecular flexibility index (Phi) is 5.25. The lowest BCUT2D eigenvalue weighted by molar-refractivity contribution is 0.148. The molecule has 1 aromatic carbocycles. The molecular weight excluding hydrogens is 326 g/mol. The van der Waals surface area contributed by atoms with Gasteiger partial charge in [0.15, 0.2) is 0 Å². The Morgan fingerprint density at radius 3 is 2.79 bits per heavy atom. The van der Waals surface area contributed by atoms with Crippen LogP contribution in [0.1, 0.15) is 17.6 Å². The average Bonchev–Trinajstić information content (AvgIpc) is 3.30. The first kappa shape index (κ1) is 16.2. The second-order valence-electron chi connectivity index (χ2n) is 5.10. The van der Waals surface area contributed by atoms with Crippen LogP contribution >= 0.6 is 11.3 Å². The molecule has 3 rings (SSSR count). The molecule has 0 radical (unpaired) electrons. The smallest absolute Gasteiger partial charge is 0.315 e. The highest BCUT2D eigenvalue weighted by molar-refractivity contribution is 7.13. The number of furan rings is 1. The minimum atomic E-state index is -0.866. The number of hydrogen-bond donors (Lipinski definition) is 3. The van der Waals surface area contributed by atoms with Gasteiger partial charge in [0.1, 0.15) is 16.9 Å². The Bertz CT molecular complexity index is 772. The van der Waals surface area contributed by atoms with Gasteiger partial charge < -0.3 is 20.2 Å². The predicted octanol–water partition coefficient (Wildman–Crippen LogP) is 2.94. The zero-order valence-corrected chi connectivity index (χ0v) is 13.6. The fraction of sp³-hybridized carbons (Fsp3) is 0.176. The van der Waals surface area contributed by atoms with Gasteiger partial charge in [0.2, 0.25) is 0 Å². The van der Waals surface area contributed by atoms with Crippen molar-refractivity contribution in [2.75, 3.05) is 6.54 Å². The number of thiazole rings is 1. The van der Waals surface area contributed by atoms with Crippen LogP contribution in [0.15, 0.2) is 58.5 Å². The number of hydrogen-bond acceptors (Lipinski definition) is 5. The van der Waals surface area contributed by atoms with Crippen LogP contribution in [0, 0.1) is 0 Å². The van der Waals surface area contributed by atoms with Crippen molar-refractivity contribution in [2.45, 2.75) is 12.6 Å². The van der Waals surface area contributed by atoms with Crippen molar-refractivity contribution in [3.05, 3.63) is 65.6 Å². The SMILES string of the molecule is O=C(NCc1csc(-c2ccccc2)n1)NCC(O)c1ccco1. The molecule has 0 spiro atoms. The predicted molar refractivity (Wildman–Crippen MR) is 91.5 cm³/mol. The molecule has 0 fully saturated rings. The highest BCUT2D eigenvalue weighted by atomic mass is 32.1. The Morgan fingerprint density at radius 1 is 1.21 bits per heavy atom. The number of amides is 2. The number of nitrogens with one attached hydrogen (secondary N) is 2. The molecule has 6 nitrogen and oxygen atoms in total. The summed E-state index contributed by atoms with van der Waals surface area (Å²) in [6.45, 7) is 0.400. The number of aliphatic hydroxyl groups is 1. The molecule has 24 heavy (non-hydrogen) atoms. The Morgan fingerprint density at radius 2 is 2.04 bits per heavy atom. The molecule has 0 aliphatic heterocycles. The number of nitrogens with zero attached hydrogens (tertiary/aromatic N) is 1. The van der Waals surface area contributed by atoms with Crippen LogP contribution in [0.5, 0.6) is 0 Å². The highest BCUT2D eigenvalue weighted by Crippen LogP contribution is 2.23. The van der Waals surface area contributed by atoms with Gasteiger partial charge in [0.25, 0.3) is 0 Å². The van der Waals surface area contributed by atoms with E-state index in [0.717, 1.165) is 16.3 Å². The molecule has 0 aliphatic rings. The van der Waals surface area contributed by atoms with Gasteiger partial charge in [-0.1, -0.05) is 30.3 Å². The second kappa shape index (κ2) is 7.76. The lowest BCUT2D eigenvalue weighted by Crippen LogP contribution is -2.37. The quantitative estimate of drug-likeness (QED) is 0.642. The summed E-state index contributed by atoms with van der Waals surface area (Å²) in [5.41, 5.74) is 1.85. The second-order valence-corrected chi connectivity index (χ2v) is 5.96. The summed E-state index contributed by atoms with van der Waals surface area (Å²) in [6.07, 6.45) is 0.611. The van der Waals surface area contributed by atoms with Crippen LogP contribution in [0.25, 0.3) is 10.6 Å². The van der Waals surface area contributed by atoms with Crippen LogP contribution in [-0.4, -0.2) is 22.7 Å². The maximum atomic E-state index is 11.8. The molecule has 1 atom stereocenters. The van der Waals surface area contributed by atoms with Crippen molar-refractivity contribution in [1.82, 2.24) is 15.6 Å². The fourth-order valence-electron chi connectivity index (χ4n) is 2.11. The molecule has 124 valence electrons. The van der Waals surface area contributed by atoms with E-state index in [-0.39, 0.29) is 12.6 Å². The van der Waals surface area contributed by atoms with Gasteiger partial charge in [0.05, 0.1) is 25.0 Å². The zero-order valence-electron chi connectivity index (χ0n) is 12.8.